The van der Waals surface area contributed by atoms with Gasteiger partial charge in [0.2, 0.25) is 0 Å². The lowest BCUT2D eigenvalue weighted by Gasteiger charge is -2.17. The van der Waals surface area contributed by atoms with Crippen LogP contribution >= 0.6 is 0 Å². The molecule has 4 aromatic carbocycles. The van der Waals surface area contributed by atoms with Crippen LogP contribution in [0, 0.1) is 5.92 Å². The highest BCUT2D eigenvalue weighted by Crippen LogP contribution is 2.72. The highest BCUT2D eigenvalue weighted by Gasteiger charge is 2.71. The van der Waals surface area contributed by atoms with E-state index >= 15 is 0 Å². The third kappa shape index (κ3) is 1.97. The van der Waals surface area contributed by atoms with Crippen LogP contribution in [0.4, 0.5) is 0 Å². The zero-order valence-corrected chi connectivity index (χ0v) is 15.1. The van der Waals surface area contributed by atoms with Gasteiger partial charge in [-0.15, -0.1) is 0 Å². The van der Waals surface area contributed by atoms with Crippen LogP contribution in [0.2, 0.25) is 0 Å². The molecule has 2 saturated carbocycles. The smallest absolute Gasteiger partial charge is 0.137 e. The molecule has 1 heteroatoms. The van der Waals surface area contributed by atoms with Crippen molar-refractivity contribution < 1.29 is 4.79 Å². The number of ketones is 1. The van der Waals surface area contributed by atoms with Crippen molar-refractivity contribution in [2.75, 3.05) is 0 Å². The zero-order chi connectivity index (χ0) is 18.0. The minimum Gasteiger partial charge on any atom is -0.299 e. The Kier molecular flexibility index (Phi) is 2.97. The maximum Gasteiger partial charge on any atom is 0.137 e. The molecule has 6 rings (SSSR count). The fourth-order valence-electron chi connectivity index (χ4n) is 5.67. The number of hydrogen-bond donors (Lipinski definition) is 0. The van der Waals surface area contributed by atoms with E-state index < -0.39 is 0 Å². The molecule has 0 saturated heterocycles. The van der Waals surface area contributed by atoms with Crippen molar-refractivity contribution in [3.8, 4) is 0 Å². The molecule has 0 heterocycles. The van der Waals surface area contributed by atoms with Crippen molar-refractivity contribution in [2.45, 2.75) is 24.2 Å². The van der Waals surface area contributed by atoms with Crippen LogP contribution in [-0.4, -0.2) is 5.78 Å². The number of rotatable bonds is 2. The monoisotopic (exact) mass is 348 g/mol. The Hall–Kier alpha value is -2.93. The SMILES string of the molecule is O=C1CC[C@@]2(c3ccc4ccccc4c3)C1[C@H]2c1cccc2ccccc12. The summed E-state index contributed by atoms with van der Waals surface area (Å²) in [5, 5.41) is 5.10. The van der Waals surface area contributed by atoms with Crippen molar-refractivity contribution in [3.05, 3.63) is 96.1 Å². The van der Waals surface area contributed by atoms with E-state index in [1.54, 1.807) is 0 Å². The lowest BCUT2D eigenvalue weighted by molar-refractivity contribution is -0.119. The first-order chi connectivity index (χ1) is 13.3. The van der Waals surface area contributed by atoms with Crippen LogP contribution in [0.5, 0.6) is 0 Å². The molecular formula is C26H20O. The van der Waals surface area contributed by atoms with E-state index in [2.05, 4.69) is 84.9 Å². The summed E-state index contributed by atoms with van der Waals surface area (Å²) in [5.41, 5.74) is 2.68. The molecule has 0 aliphatic heterocycles. The van der Waals surface area contributed by atoms with Gasteiger partial charge in [0.25, 0.3) is 0 Å². The van der Waals surface area contributed by atoms with E-state index in [1.807, 2.05) is 0 Å². The van der Waals surface area contributed by atoms with Crippen molar-refractivity contribution in [1.82, 2.24) is 0 Å². The normalized spacial score (nSPS) is 26.4. The average molecular weight is 348 g/mol. The van der Waals surface area contributed by atoms with Crippen molar-refractivity contribution in [2.24, 2.45) is 5.92 Å². The van der Waals surface area contributed by atoms with Gasteiger partial charge in [0.1, 0.15) is 5.78 Å². The molecule has 1 unspecified atom stereocenters. The first kappa shape index (κ1) is 15.2. The van der Waals surface area contributed by atoms with Gasteiger partial charge < -0.3 is 0 Å². The van der Waals surface area contributed by atoms with E-state index in [4.69, 9.17) is 0 Å². The predicted octanol–water partition coefficient (Wildman–Crippen LogP) is 6.01. The molecule has 27 heavy (non-hydrogen) atoms. The van der Waals surface area contributed by atoms with E-state index in [0.29, 0.717) is 11.7 Å². The summed E-state index contributed by atoms with van der Waals surface area (Å²) < 4.78 is 0. The number of carbonyl (C=O) groups excluding carboxylic acids is 1. The molecule has 0 amide bonds. The summed E-state index contributed by atoms with van der Waals surface area (Å²) in [6, 6.07) is 30.4. The fourth-order valence-corrected chi connectivity index (χ4v) is 5.67. The van der Waals surface area contributed by atoms with Gasteiger partial charge in [-0.05, 0) is 39.1 Å². The quantitative estimate of drug-likeness (QED) is 0.434. The third-order valence-electron chi connectivity index (χ3n) is 6.91. The third-order valence-corrected chi connectivity index (χ3v) is 6.91. The molecule has 0 N–H and O–H groups in total. The van der Waals surface area contributed by atoms with Gasteiger partial charge in [-0.25, -0.2) is 0 Å². The Morgan fingerprint density at radius 3 is 2.33 bits per heavy atom. The van der Waals surface area contributed by atoms with Crippen molar-refractivity contribution in [3.63, 3.8) is 0 Å². The van der Waals surface area contributed by atoms with Crippen LogP contribution in [0.3, 0.4) is 0 Å². The minimum absolute atomic E-state index is 0.00869. The Balaban J connectivity index is 1.55. The summed E-state index contributed by atoms with van der Waals surface area (Å²) in [6.45, 7) is 0. The Bertz CT molecular complexity index is 1220. The molecular weight excluding hydrogens is 328 g/mol. The van der Waals surface area contributed by atoms with Crippen LogP contribution in [0.1, 0.15) is 29.9 Å². The maximum atomic E-state index is 12.8. The standard InChI is InChI=1S/C26H20O/c27-23-14-15-26(20-13-12-17-6-1-2-8-19(17)16-20)24(25(23)26)22-11-5-9-18-7-3-4-10-21(18)22/h1-13,16,24-25H,14-15H2/t24-,25?,26+/m1/s1. The summed E-state index contributed by atoms with van der Waals surface area (Å²) in [5.74, 6) is 0.900. The second-order valence-electron chi connectivity index (χ2n) is 8.09. The van der Waals surface area contributed by atoms with Crippen LogP contribution in [0.15, 0.2) is 84.9 Å². The summed E-state index contributed by atoms with van der Waals surface area (Å²) in [6.07, 6.45) is 1.70. The second kappa shape index (κ2) is 5.29. The largest absolute Gasteiger partial charge is 0.299 e. The van der Waals surface area contributed by atoms with E-state index in [0.717, 1.165) is 12.8 Å². The van der Waals surface area contributed by atoms with Crippen LogP contribution in [-0.2, 0) is 10.2 Å². The molecule has 4 aromatic rings. The topological polar surface area (TPSA) is 17.1 Å². The Labute approximate surface area is 158 Å². The highest BCUT2D eigenvalue weighted by atomic mass is 16.1. The number of benzene rings is 4. The number of hydrogen-bond acceptors (Lipinski definition) is 1. The molecule has 2 fully saturated rings. The predicted molar refractivity (Wildman–Crippen MR) is 110 cm³/mol. The minimum atomic E-state index is -0.00869. The van der Waals surface area contributed by atoms with E-state index in [1.165, 1.54) is 32.7 Å². The Morgan fingerprint density at radius 2 is 1.44 bits per heavy atom. The zero-order valence-electron chi connectivity index (χ0n) is 15.1. The van der Waals surface area contributed by atoms with Gasteiger partial charge in [-0.3, -0.25) is 4.79 Å². The van der Waals surface area contributed by atoms with Crippen LogP contribution in [0.25, 0.3) is 21.5 Å². The molecule has 0 spiro atoms. The van der Waals surface area contributed by atoms with Crippen molar-refractivity contribution in [1.29, 1.82) is 0 Å². The van der Waals surface area contributed by atoms with Gasteiger partial charge >= 0.3 is 0 Å². The number of carbonyl (C=O) groups is 1. The molecule has 2 aliphatic rings. The summed E-state index contributed by atoms with van der Waals surface area (Å²) in [4.78, 5) is 12.8. The Morgan fingerprint density at radius 1 is 0.704 bits per heavy atom. The first-order valence-corrected chi connectivity index (χ1v) is 9.79. The second-order valence-corrected chi connectivity index (χ2v) is 8.09. The lowest BCUT2D eigenvalue weighted by Crippen LogP contribution is -2.08. The molecule has 130 valence electrons. The van der Waals surface area contributed by atoms with Gasteiger partial charge in [-0.1, -0.05) is 84.9 Å². The van der Waals surface area contributed by atoms with Crippen molar-refractivity contribution >= 4 is 27.3 Å². The summed E-state index contributed by atoms with van der Waals surface area (Å²) >= 11 is 0. The van der Waals surface area contributed by atoms with Crippen LogP contribution < -0.4 is 0 Å². The highest BCUT2D eigenvalue weighted by molar-refractivity contribution is 5.96. The average Bonchev–Trinajstić information content (AvgIpc) is 3.29. The number of Topliss-reactive ketones (excluding diaryl/α,β-unsaturated/α-hetero) is 1. The number of fused-ring (bicyclic) bond motifs is 3. The van der Waals surface area contributed by atoms with Gasteiger partial charge in [0, 0.05) is 23.7 Å². The van der Waals surface area contributed by atoms with Gasteiger partial charge in [-0.2, -0.15) is 0 Å². The molecule has 3 atom stereocenters. The molecule has 1 nitrogen and oxygen atoms in total. The summed E-state index contributed by atoms with van der Waals surface area (Å²) in [7, 11) is 0. The molecule has 0 aromatic heterocycles. The lowest BCUT2D eigenvalue weighted by atomic mass is 9.86. The van der Waals surface area contributed by atoms with Gasteiger partial charge in [0.15, 0.2) is 0 Å². The van der Waals surface area contributed by atoms with E-state index in [-0.39, 0.29) is 11.3 Å². The molecule has 2 aliphatic carbocycles. The molecule has 0 bridgehead atoms. The van der Waals surface area contributed by atoms with Gasteiger partial charge in [0.05, 0.1) is 0 Å². The first-order valence-electron chi connectivity index (χ1n) is 9.79. The maximum absolute atomic E-state index is 12.8. The van der Waals surface area contributed by atoms with E-state index in [9.17, 15) is 4.79 Å². The fraction of sp³-hybridized carbons (Fsp3) is 0.192. The molecule has 0 radical (unpaired) electrons.